The maximum Gasteiger partial charge on any atom is 0.330 e. The quantitative estimate of drug-likeness (QED) is 0.399. The number of nitrogens with two attached hydrogens (primary N) is 1. The number of anilines is 3. The summed E-state index contributed by atoms with van der Waals surface area (Å²) in [4.78, 5) is 54.8. The minimum absolute atomic E-state index is 0.0396. The summed E-state index contributed by atoms with van der Waals surface area (Å²) >= 11 is 1.07. The Balaban J connectivity index is 1.95. The van der Waals surface area contributed by atoms with Gasteiger partial charge in [-0.3, -0.25) is 28.8 Å². The largest absolute Gasteiger partial charge is 0.459 e. The third-order valence-corrected chi connectivity index (χ3v) is 6.18. The molecule has 0 saturated carbocycles. The van der Waals surface area contributed by atoms with Crippen molar-refractivity contribution in [2.24, 2.45) is 5.92 Å². The Morgan fingerprint density at radius 1 is 1.26 bits per heavy atom. The zero-order valence-corrected chi connectivity index (χ0v) is 20.2. The maximum absolute atomic E-state index is 13.5. The number of amides is 2. The molecule has 3 rings (SSSR count). The maximum atomic E-state index is 13.5. The Bertz CT molecular complexity index is 1260. The van der Waals surface area contributed by atoms with Gasteiger partial charge in [0.15, 0.2) is 11.4 Å². The van der Waals surface area contributed by atoms with Gasteiger partial charge in [-0.25, -0.2) is 4.79 Å². The summed E-state index contributed by atoms with van der Waals surface area (Å²) in [5.74, 6) is -0.517. The average Bonchev–Trinajstić information content (AvgIpc) is 3.47. The standard InChI is InChI=1S/C23H29N5O5S/c1-4-5-11-28-19(24)18(21(30)26-23(28)32)27(12-10-14(2)3)22(31)16-8-9-17(34-16)25-20(29)15-7-6-13-33-15/h6-9,13-14H,4-5,10-12,24H2,1-3H3,(H,25,29)(H,26,30,32). The van der Waals surface area contributed by atoms with Gasteiger partial charge in [-0.2, -0.15) is 0 Å². The molecule has 0 unspecified atom stereocenters. The van der Waals surface area contributed by atoms with Crippen LogP contribution in [0.15, 0.2) is 44.5 Å². The molecule has 0 aromatic carbocycles. The monoisotopic (exact) mass is 487 g/mol. The van der Waals surface area contributed by atoms with E-state index in [4.69, 9.17) is 10.2 Å². The molecule has 182 valence electrons. The fourth-order valence-corrected chi connectivity index (χ4v) is 4.16. The van der Waals surface area contributed by atoms with E-state index in [1.54, 1.807) is 18.2 Å². The van der Waals surface area contributed by atoms with E-state index in [-0.39, 0.29) is 29.7 Å². The smallest absolute Gasteiger partial charge is 0.330 e. The number of unbranched alkanes of at least 4 members (excludes halogenated alkanes) is 1. The Morgan fingerprint density at radius 3 is 2.68 bits per heavy atom. The molecule has 3 heterocycles. The van der Waals surface area contributed by atoms with E-state index in [1.807, 2.05) is 20.8 Å². The molecule has 0 aliphatic carbocycles. The van der Waals surface area contributed by atoms with Crippen molar-refractivity contribution < 1.29 is 14.0 Å². The number of H-pyrrole nitrogens is 1. The van der Waals surface area contributed by atoms with Crippen LogP contribution in [0.3, 0.4) is 0 Å². The molecular formula is C23H29N5O5S. The van der Waals surface area contributed by atoms with E-state index in [9.17, 15) is 19.2 Å². The van der Waals surface area contributed by atoms with Crippen LogP contribution < -0.4 is 27.2 Å². The highest BCUT2D eigenvalue weighted by Gasteiger charge is 2.26. The molecule has 0 aliphatic rings. The van der Waals surface area contributed by atoms with Crippen molar-refractivity contribution in [3.8, 4) is 0 Å². The number of carbonyl (C=O) groups excluding carboxylic acids is 2. The lowest BCUT2D eigenvalue weighted by Gasteiger charge is -2.25. The van der Waals surface area contributed by atoms with E-state index in [2.05, 4.69) is 10.3 Å². The number of aromatic amines is 1. The Labute approximate surface area is 200 Å². The fraction of sp³-hybridized carbons (Fsp3) is 0.391. The van der Waals surface area contributed by atoms with Crippen LogP contribution in [-0.4, -0.2) is 27.9 Å². The lowest BCUT2D eigenvalue weighted by atomic mass is 10.1. The first-order valence-electron chi connectivity index (χ1n) is 11.1. The predicted octanol–water partition coefficient (Wildman–Crippen LogP) is 3.52. The molecule has 10 nitrogen and oxygen atoms in total. The van der Waals surface area contributed by atoms with Crippen LogP contribution >= 0.6 is 11.3 Å². The summed E-state index contributed by atoms with van der Waals surface area (Å²) in [5.41, 5.74) is 4.90. The molecule has 2 amide bonds. The van der Waals surface area contributed by atoms with E-state index < -0.39 is 23.1 Å². The summed E-state index contributed by atoms with van der Waals surface area (Å²) in [6.07, 6.45) is 3.54. The molecule has 4 N–H and O–H groups in total. The number of furan rings is 1. The van der Waals surface area contributed by atoms with Crippen LogP contribution in [0.2, 0.25) is 0 Å². The van der Waals surface area contributed by atoms with Crippen molar-refractivity contribution in [2.75, 3.05) is 22.5 Å². The van der Waals surface area contributed by atoms with Gasteiger partial charge in [0, 0.05) is 13.1 Å². The Kier molecular flexibility index (Phi) is 8.11. The first kappa shape index (κ1) is 25.0. The lowest BCUT2D eigenvalue weighted by Crippen LogP contribution is -2.41. The van der Waals surface area contributed by atoms with Crippen molar-refractivity contribution >= 4 is 39.7 Å². The molecule has 3 aromatic heterocycles. The summed E-state index contributed by atoms with van der Waals surface area (Å²) in [7, 11) is 0. The Morgan fingerprint density at radius 2 is 2.03 bits per heavy atom. The normalized spacial score (nSPS) is 11.1. The third-order valence-electron chi connectivity index (χ3n) is 5.19. The minimum Gasteiger partial charge on any atom is -0.459 e. The van der Waals surface area contributed by atoms with E-state index in [1.165, 1.54) is 21.8 Å². The van der Waals surface area contributed by atoms with E-state index >= 15 is 0 Å². The van der Waals surface area contributed by atoms with Gasteiger partial charge < -0.3 is 15.5 Å². The second-order valence-electron chi connectivity index (χ2n) is 8.23. The van der Waals surface area contributed by atoms with Gasteiger partial charge in [0.25, 0.3) is 17.4 Å². The number of aromatic nitrogens is 2. The number of nitrogens with one attached hydrogen (secondary N) is 2. The van der Waals surface area contributed by atoms with Crippen LogP contribution in [0.5, 0.6) is 0 Å². The highest BCUT2D eigenvalue weighted by Crippen LogP contribution is 2.27. The van der Waals surface area contributed by atoms with Gasteiger partial charge in [0.05, 0.1) is 16.1 Å². The molecule has 0 saturated heterocycles. The van der Waals surface area contributed by atoms with Gasteiger partial charge in [-0.1, -0.05) is 27.2 Å². The van der Waals surface area contributed by atoms with Gasteiger partial charge in [-0.05, 0) is 43.0 Å². The van der Waals surface area contributed by atoms with Crippen LogP contribution in [0.25, 0.3) is 0 Å². The van der Waals surface area contributed by atoms with Gasteiger partial charge >= 0.3 is 5.69 Å². The Hall–Kier alpha value is -3.60. The summed E-state index contributed by atoms with van der Waals surface area (Å²) in [5, 5.41) is 3.14. The summed E-state index contributed by atoms with van der Waals surface area (Å²) in [6.45, 7) is 6.56. The highest BCUT2D eigenvalue weighted by atomic mass is 32.1. The number of hydrogen-bond donors (Lipinski definition) is 3. The van der Waals surface area contributed by atoms with Crippen molar-refractivity contribution in [3.63, 3.8) is 0 Å². The summed E-state index contributed by atoms with van der Waals surface area (Å²) < 4.78 is 6.38. The van der Waals surface area contributed by atoms with Crippen molar-refractivity contribution in [3.05, 3.63) is 62.0 Å². The van der Waals surface area contributed by atoms with E-state index in [0.717, 1.165) is 17.8 Å². The lowest BCUT2D eigenvalue weighted by molar-refractivity contribution is 0.0984. The molecule has 0 bridgehead atoms. The molecule has 3 aromatic rings. The number of hydrogen-bond acceptors (Lipinski definition) is 7. The second-order valence-corrected chi connectivity index (χ2v) is 9.32. The third kappa shape index (κ3) is 5.66. The summed E-state index contributed by atoms with van der Waals surface area (Å²) in [6, 6.07) is 6.32. The van der Waals surface area contributed by atoms with Crippen LogP contribution in [0.4, 0.5) is 16.5 Å². The number of thiophene rings is 1. The molecule has 0 atom stereocenters. The molecule has 0 fully saturated rings. The fourth-order valence-electron chi connectivity index (χ4n) is 3.31. The van der Waals surface area contributed by atoms with Gasteiger partial charge in [0.2, 0.25) is 0 Å². The molecule has 0 radical (unpaired) electrons. The molecule has 34 heavy (non-hydrogen) atoms. The van der Waals surface area contributed by atoms with Crippen molar-refractivity contribution in [2.45, 2.75) is 46.6 Å². The highest BCUT2D eigenvalue weighted by molar-refractivity contribution is 7.18. The van der Waals surface area contributed by atoms with Crippen molar-refractivity contribution in [1.82, 2.24) is 9.55 Å². The predicted molar refractivity (Wildman–Crippen MR) is 133 cm³/mol. The van der Waals surface area contributed by atoms with Crippen molar-refractivity contribution in [1.29, 1.82) is 0 Å². The topological polar surface area (TPSA) is 143 Å². The molecule has 0 aliphatic heterocycles. The zero-order valence-electron chi connectivity index (χ0n) is 19.4. The van der Waals surface area contributed by atoms with Gasteiger partial charge in [0.1, 0.15) is 5.82 Å². The first-order valence-corrected chi connectivity index (χ1v) is 11.9. The SMILES string of the molecule is CCCCn1c(N)c(N(CCC(C)C)C(=O)c2ccc(NC(=O)c3ccco3)s2)c(=O)[nH]c1=O. The second kappa shape index (κ2) is 11.0. The van der Waals surface area contributed by atoms with Crippen LogP contribution in [0, 0.1) is 5.92 Å². The van der Waals surface area contributed by atoms with Gasteiger partial charge in [-0.15, -0.1) is 11.3 Å². The number of nitrogen functional groups attached to an aromatic ring is 1. The molecular weight excluding hydrogens is 458 g/mol. The zero-order chi connectivity index (χ0) is 24.8. The van der Waals surface area contributed by atoms with Crippen LogP contribution in [0.1, 0.15) is 60.3 Å². The number of carbonyl (C=O) groups is 2. The van der Waals surface area contributed by atoms with E-state index in [0.29, 0.717) is 29.3 Å². The number of nitrogens with zero attached hydrogens (tertiary/aromatic N) is 2. The van der Waals surface area contributed by atoms with Crippen LogP contribution in [-0.2, 0) is 6.54 Å². The average molecular weight is 488 g/mol. The number of rotatable bonds is 10. The molecule has 0 spiro atoms. The minimum atomic E-state index is -0.713. The first-order chi connectivity index (χ1) is 16.2. The molecule has 11 heteroatoms.